The standard InChI is InChI=1S/C13H11N3O3/c1-8-3-11(15-6-10(8)5-14)16-7-9(4-12(16)17)13(18)19-2/h3,6-7H,4H2,1-2H3. The highest BCUT2D eigenvalue weighted by Gasteiger charge is 2.28. The Labute approximate surface area is 109 Å². The number of carbonyl (C=O) groups excluding carboxylic acids is 2. The fourth-order valence-corrected chi connectivity index (χ4v) is 1.76. The van der Waals surface area contributed by atoms with Gasteiger partial charge in [-0.2, -0.15) is 5.26 Å². The van der Waals surface area contributed by atoms with Gasteiger partial charge in [-0.25, -0.2) is 9.78 Å². The summed E-state index contributed by atoms with van der Waals surface area (Å²) < 4.78 is 4.58. The van der Waals surface area contributed by atoms with Gasteiger partial charge in [0, 0.05) is 12.4 Å². The number of amides is 1. The van der Waals surface area contributed by atoms with Crippen LogP contribution >= 0.6 is 0 Å². The van der Waals surface area contributed by atoms with Gasteiger partial charge in [-0.1, -0.05) is 0 Å². The molecule has 0 atom stereocenters. The molecule has 0 aromatic carbocycles. The van der Waals surface area contributed by atoms with Crippen molar-refractivity contribution >= 4 is 17.7 Å². The van der Waals surface area contributed by atoms with E-state index in [-0.39, 0.29) is 17.9 Å². The molecule has 0 bridgehead atoms. The zero-order chi connectivity index (χ0) is 14.0. The van der Waals surface area contributed by atoms with Crippen molar-refractivity contribution in [2.24, 2.45) is 0 Å². The highest BCUT2D eigenvalue weighted by Crippen LogP contribution is 2.24. The number of ether oxygens (including phenoxy) is 1. The number of nitrogens with zero attached hydrogens (tertiary/aromatic N) is 3. The Morgan fingerprint density at radius 2 is 2.32 bits per heavy atom. The molecule has 1 aliphatic rings. The molecule has 0 aliphatic carbocycles. The number of carbonyl (C=O) groups is 2. The van der Waals surface area contributed by atoms with Gasteiger partial charge < -0.3 is 4.74 Å². The van der Waals surface area contributed by atoms with E-state index in [2.05, 4.69) is 9.72 Å². The number of esters is 1. The summed E-state index contributed by atoms with van der Waals surface area (Å²) in [5, 5.41) is 8.83. The first-order chi connectivity index (χ1) is 9.06. The molecule has 0 unspecified atom stereocenters. The molecule has 0 radical (unpaired) electrons. The first-order valence-corrected chi connectivity index (χ1v) is 5.54. The highest BCUT2D eigenvalue weighted by atomic mass is 16.5. The van der Waals surface area contributed by atoms with E-state index in [0.29, 0.717) is 11.4 Å². The molecular formula is C13H11N3O3. The van der Waals surface area contributed by atoms with Crippen LogP contribution in [0, 0.1) is 18.3 Å². The Hall–Kier alpha value is -2.68. The molecule has 19 heavy (non-hydrogen) atoms. The van der Waals surface area contributed by atoms with E-state index < -0.39 is 5.97 Å². The second-order valence-electron chi connectivity index (χ2n) is 4.06. The molecular weight excluding hydrogens is 246 g/mol. The van der Waals surface area contributed by atoms with Crippen LogP contribution < -0.4 is 4.90 Å². The predicted molar refractivity (Wildman–Crippen MR) is 65.9 cm³/mol. The summed E-state index contributed by atoms with van der Waals surface area (Å²) in [6.07, 6.45) is 2.82. The van der Waals surface area contributed by atoms with Crippen LogP contribution in [0.15, 0.2) is 24.0 Å². The summed E-state index contributed by atoms with van der Waals surface area (Å²) in [6.45, 7) is 1.76. The van der Waals surface area contributed by atoms with Crippen LogP contribution in [0.1, 0.15) is 17.5 Å². The summed E-state index contributed by atoms with van der Waals surface area (Å²) in [7, 11) is 1.26. The number of pyridine rings is 1. The number of methoxy groups -OCH3 is 1. The third kappa shape index (κ3) is 2.31. The van der Waals surface area contributed by atoms with Crippen LogP contribution in [-0.4, -0.2) is 24.0 Å². The van der Waals surface area contributed by atoms with Gasteiger partial charge in [0.05, 0.1) is 24.7 Å². The van der Waals surface area contributed by atoms with Crippen molar-refractivity contribution in [2.45, 2.75) is 13.3 Å². The van der Waals surface area contributed by atoms with E-state index in [4.69, 9.17) is 5.26 Å². The van der Waals surface area contributed by atoms with Crippen molar-refractivity contribution in [3.05, 3.63) is 35.2 Å². The van der Waals surface area contributed by atoms with Gasteiger partial charge in [-0.15, -0.1) is 0 Å². The Morgan fingerprint density at radius 3 is 2.89 bits per heavy atom. The van der Waals surface area contributed by atoms with Crippen LogP contribution in [0.3, 0.4) is 0 Å². The van der Waals surface area contributed by atoms with Crippen molar-refractivity contribution in [1.29, 1.82) is 5.26 Å². The predicted octanol–water partition coefficient (Wildman–Crippen LogP) is 1.06. The Morgan fingerprint density at radius 1 is 1.58 bits per heavy atom. The lowest BCUT2D eigenvalue weighted by Crippen LogP contribution is -2.21. The smallest absolute Gasteiger partial charge is 0.335 e. The summed E-state index contributed by atoms with van der Waals surface area (Å²) in [4.78, 5) is 28.5. The maximum absolute atomic E-state index is 11.8. The number of aromatic nitrogens is 1. The molecule has 1 amide bonds. The molecule has 0 N–H and O–H groups in total. The monoisotopic (exact) mass is 257 g/mol. The first kappa shape index (κ1) is 12.8. The summed E-state index contributed by atoms with van der Waals surface area (Å²) in [5.41, 5.74) is 1.46. The average molecular weight is 257 g/mol. The Kier molecular flexibility index (Phi) is 3.29. The van der Waals surface area contributed by atoms with Crippen molar-refractivity contribution in [1.82, 2.24) is 4.98 Å². The number of rotatable bonds is 2. The second-order valence-corrected chi connectivity index (χ2v) is 4.06. The molecule has 0 saturated heterocycles. The van der Waals surface area contributed by atoms with Crippen molar-refractivity contribution in [3.8, 4) is 6.07 Å². The largest absolute Gasteiger partial charge is 0.466 e. The fraction of sp³-hybridized carbons (Fsp3) is 0.231. The number of aryl methyl sites for hydroxylation is 1. The van der Waals surface area contributed by atoms with Gasteiger partial charge in [0.15, 0.2) is 0 Å². The van der Waals surface area contributed by atoms with Crippen LogP contribution in [0.25, 0.3) is 0 Å². The summed E-state index contributed by atoms with van der Waals surface area (Å²) in [5.74, 6) is -0.390. The highest BCUT2D eigenvalue weighted by molar-refractivity contribution is 6.07. The van der Waals surface area contributed by atoms with E-state index >= 15 is 0 Å². The Bertz CT molecular complexity index is 629. The molecule has 0 spiro atoms. The molecule has 6 nitrogen and oxygen atoms in total. The zero-order valence-electron chi connectivity index (χ0n) is 10.5. The maximum atomic E-state index is 11.8. The first-order valence-electron chi connectivity index (χ1n) is 5.54. The van der Waals surface area contributed by atoms with Crippen molar-refractivity contribution in [2.75, 3.05) is 12.0 Å². The average Bonchev–Trinajstić information content (AvgIpc) is 2.80. The summed E-state index contributed by atoms with van der Waals surface area (Å²) >= 11 is 0. The van der Waals surface area contributed by atoms with E-state index in [1.807, 2.05) is 6.07 Å². The van der Waals surface area contributed by atoms with Crippen molar-refractivity contribution in [3.63, 3.8) is 0 Å². The van der Waals surface area contributed by atoms with Gasteiger partial charge in [-0.05, 0) is 18.6 Å². The lowest BCUT2D eigenvalue weighted by molar-refractivity contribution is -0.136. The normalized spacial score (nSPS) is 14.1. The molecule has 0 fully saturated rings. The molecule has 1 aromatic rings. The van der Waals surface area contributed by atoms with Crippen LogP contribution in [-0.2, 0) is 14.3 Å². The van der Waals surface area contributed by atoms with Crippen LogP contribution in [0.4, 0.5) is 5.82 Å². The van der Waals surface area contributed by atoms with E-state index in [9.17, 15) is 9.59 Å². The molecule has 2 heterocycles. The van der Waals surface area contributed by atoms with Gasteiger partial charge in [-0.3, -0.25) is 9.69 Å². The minimum absolute atomic E-state index is 0.00655. The van der Waals surface area contributed by atoms with E-state index in [0.717, 1.165) is 5.56 Å². The third-order valence-electron chi connectivity index (χ3n) is 2.81. The quantitative estimate of drug-likeness (QED) is 0.739. The maximum Gasteiger partial charge on any atom is 0.335 e. The molecule has 2 rings (SSSR count). The number of hydrogen-bond donors (Lipinski definition) is 0. The number of anilines is 1. The van der Waals surface area contributed by atoms with Gasteiger partial charge in [0.25, 0.3) is 0 Å². The molecule has 1 aliphatic heterocycles. The summed E-state index contributed by atoms with van der Waals surface area (Å²) in [6, 6.07) is 3.64. The second kappa shape index (κ2) is 4.90. The Balaban J connectivity index is 2.35. The van der Waals surface area contributed by atoms with Gasteiger partial charge >= 0.3 is 5.97 Å². The fourth-order valence-electron chi connectivity index (χ4n) is 1.76. The lowest BCUT2D eigenvalue weighted by Gasteiger charge is -2.12. The number of hydrogen-bond acceptors (Lipinski definition) is 5. The molecule has 96 valence electrons. The number of nitriles is 1. The molecule has 1 aromatic heterocycles. The minimum atomic E-state index is -0.527. The van der Waals surface area contributed by atoms with E-state index in [1.54, 1.807) is 13.0 Å². The van der Waals surface area contributed by atoms with Crippen LogP contribution in [0.2, 0.25) is 0 Å². The zero-order valence-corrected chi connectivity index (χ0v) is 10.5. The molecule has 6 heteroatoms. The van der Waals surface area contributed by atoms with E-state index in [1.165, 1.54) is 24.4 Å². The lowest BCUT2D eigenvalue weighted by atomic mass is 10.2. The minimum Gasteiger partial charge on any atom is -0.466 e. The van der Waals surface area contributed by atoms with Crippen molar-refractivity contribution < 1.29 is 14.3 Å². The van der Waals surface area contributed by atoms with Gasteiger partial charge in [0.2, 0.25) is 5.91 Å². The van der Waals surface area contributed by atoms with Crippen LogP contribution in [0.5, 0.6) is 0 Å². The SMILES string of the molecule is COC(=O)C1=CN(c2cc(C)c(C#N)cn2)C(=O)C1. The molecule has 0 saturated carbocycles. The van der Waals surface area contributed by atoms with Gasteiger partial charge in [0.1, 0.15) is 11.9 Å². The topological polar surface area (TPSA) is 83.3 Å². The third-order valence-corrected chi connectivity index (χ3v) is 2.81.